The zero-order chi connectivity index (χ0) is 41.8. The number of imidazole rings is 2. The molecule has 2 aromatic carbocycles. The molecule has 0 bridgehead atoms. The van der Waals surface area contributed by atoms with Crippen molar-refractivity contribution in [2.75, 3.05) is 23.8 Å². The van der Waals surface area contributed by atoms with E-state index < -0.39 is 96.3 Å². The molecule has 10 atom stereocenters. The molecular weight excluding hydrogens is 851 g/mol. The Kier molecular flexibility index (Phi) is 11.0. The lowest BCUT2D eigenvalue weighted by Crippen LogP contribution is -2.38. The second-order valence-electron chi connectivity index (χ2n) is 13.2. The van der Waals surface area contributed by atoms with E-state index in [1.54, 1.807) is 60.7 Å². The molecule has 0 aliphatic carbocycles. The van der Waals surface area contributed by atoms with Gasteiger partial charge in [-0.05, 0) is 36.1 Å². The van der Waals surface area contributed by atoms with Crippen LogP contribution in [0.5, 0.6) is 0 Å². The summed E-state index contributed by atoms with van der Waals surface area (Å²) in [4.78, 5) is 73.9. The molecule has 3 aliphatic rings. The Morgan fingerprint density at radius 1 is 0.767 bits per heavy atom. The molecule has 3 fully saturated rings. The number of rotatable bonds is 6. The molecular formula is C34H33BF2N10O10P2S. The average molecular weight is 885 g/mol. The number of benzene rings is 2. The molecule has 4 N–H and O–H groups in total. The van der Waals surface area contributed by atoms with Crippen LogP contribution in [-0.4, -0.2) is 118 Å². The van der Waals surface area contributed by atoms with E-state index in [0.29, 0.717) is 11.1 Å². The smallest absolute Gasteiger partial charge is 0.325 e. The largest absolute Gasteiger partial charge is 0.346 e. The molecule has 0 saturated carbocycles. The van der Waals surface area contributed by atoms with E-state index in [0.717, 1.165) is 6.33 Å². The number of carbonyl (C=O) groups is 2. The van der Waals surface area contributed by atoms with E-state index in [1.807, 2.05) is 0 Å². The molecule has 6 aromatic rings. The molecule has 0 radical (unpaired) electrons. The highest BCUT2D eigenvalue weighted by Crippen LogP contribution is 2.58. The number of amides is 2. The number of alkyl halides is 2. The van der Waals surface area contributed by atoms with Gasteiger partial charge in [-0.1, -0.05) is 36.4 Å². The minimum Gasteiger partial charge on any atom is -0.346 e. The molecule has 3 aliphatic heterocycles. The van der Waals surface area contributed by atoms with Crippen molar-refractivity contribution in [3.63, 3.8) is 0 Å². The molecule has 3 saturated heterocycles. The minimum absolute atomic E-state index is 0.0611. The lowest BCUT2D eigenvalue weighted by atomic mass is 10.1. The third-order valence-corrected chi connectivity index (χ3v) is 11.9. The van der Waals surface area contributed by atoms with Crippen LogP contribution in [0.4, 0.5) is 20.4 Å². The van der Waals surface area contributed by atoms with Gasteiger partial charge in [-0.25, -0.2) is 52.6 Å². The lowest BCUT2D eigenvalue weighted by molar-refractivity contribution is -0.0589. The van der Waals surface area contributed by atoms with Crippen molar-refractivity contribution in [3.05, 3.63) is 97.1 Å². The Labute approximate surface area is 343 Å². The van der Waals surface area contributed by atoms with Crippen LogP contribution in [0, 0.1) is 0 Å². The number of anilines is 2. The number of nitrogens with zero attached hydrogens (tertiary/aromatic N) is 8. The maximum Gasteiger partial charge on any atom is 0.325 e. The Morgan fingerprint density at radius 3 is 1.77 bits per heavy atom. The molecule has 2 amide bonds. The van der Waals surface area contributed by atoms with Gasteiger partial charge in [0.1, 0.15) is 37.6 Å². The van der Waals surface area contributed by atoms with Gasteiger partial charge in [0.25, 0.3) is 11.8 Å². The first-order valence-electron chi connectivity index (χ1n) is 17.7. The van der Waals surface area contributed by atoms with Gasteiger partial charge in [-0.3, -0.25) is 23.2 Å². The van der Waals surface area contributed by atoms with Gasteiger partial charge in [0.15, 0.2) is 64.9 Å². The van der Waals surface area contributed by atoms with E-state index in [2.05, 4.69) is 40.5 Å². The van der Waals surface area contributed by atoms with Crippen LogP contribution in [-0.2, 0) is 39.4 Å². The molecule has 4 aromatic heterocycles. The zero-order valence-electron chi connectivity index (χ0n) is 29.9. The van der Waals surface area contributed by atoms with Crippen molar-refractivity contribution in [2.45, 2.75) is 49.2 Å². The maximum atomic E-state index is 16.6. The fourth-order valence-corrected chi connectivity index (χ4v) is 9.01. The maximum absolute atomic E-state index is 16.6. The number of nitrogens with one attached hydrogen (secondary N) is 2. The standard InChI is InChI=1S/C34H33BF2N10O10P2S/c35-58(50)52-11-19-26(22(37)34(54-19)47-16-43-24-28(39-14-41-30(24)47)45-32(49)18-9-5-2-6-10-18)57-59(51,60)53-12-20-25(56-58)21(36)33(55-20)46-15-42-23-27(38-13-40-29(23)46)44-31(48)17-7-3-1-4-8-17/h1-10,13-16,19-22,25-26,33-34,50H,11-12H2,35H3,(H,51,60)(H,38,40,44,48)(H,39,41,45,49)/t19-,20-,21+,22?,25?,26+,33-,34-,58?,59?/m1/s1. The van der Waals surface area contributed by atoms with Crippen LogP contribution in [0.25, 0.3) is 22.3 Å². The van der Waals surface area contributed by atoms with Crippen LogP contribution in [0.1, 0.15) is 33.2 Å². The summed E-state index contributed by atoms with van der Waals surface area (Å²) in [5, 5.41) is 5.37. The van der Waals surface area contributed by atoms with Crippen molar-refractivity contribution < 1.29 is 55.7 Å². The van der Waals surface area contributed by atoms with E-state index in [1.165, 1.54) is 28.1 Å². The number of ether oxygens (including phenoxy) is 2. The number of hydrogen-bond donors (Lipinski definition) is 4. The van der Waals surface area contributed by atoms with Crippen LogP contribution >= 0.6 is 14.5 Å². The summed E-state index contributed by atoms with van der Waals surface area (Å²) in [6, 6.07) is 16.8. The topological polar surface area (TPSA) is 241 Å². The molecule has 7 heterocycles. The van der Waals surface area contributed by atoms with Gasteiger partial charge in [0, 0.05) is 11.1 Å². The summed E-state index contributed by atoms with van der Waals surface area (Å²) in [5.74, 6) is -0.786. The van der Waals surface area contributed by atoms with Gasteiger partial charge >= 0.3 is 6.72 Å². The van der Waals surface area contributed by atoms with E-state index >= 15 is 8.78 Å². The van der Waals surface area contributed by atoms with Gasteiger partial charge in [0.05, 0.1) is 19.3 Å². The first-order valence-corrected chi connectivity index (χ1v) is 21.4. The molecule has 20 nitrogen and oxygen atoms in total. The highest BCUT2D eigenvalue weighted by molar-refractivity contribution is 8.07. The highest BCUT2D eigenvalue weighted by atomic mass is 32.5. The fourth-order valence-electron chi connectivity index (χ4n) is 6.78. The fraction of sp³-hybridized carbons (Fsp3) is 0.294. The summed E-state index contributed by atoms with van der Waals surface area (Å²) in [6.07, 6.45) is -7.84. The number of carbonyl (C=O) groups excluding carboxylic acids is 2. The number of halogens is 2. The van der Waals surface area contributed by atoms with Crippen molar-refractivity contribution >= 4 is 79.7 Å². The average Bonchev–Trinajstić information content (AvgIpc) is 4.01. The van der Waals surface area contributed by atoms with Crippen molar-refractivity contribution in [1.29, 1.82) is 0 Å². The van der Waals surface area contributed by atoms with Crippen LogP contribution < -0.4 is 10.6 Å². The van der Waals surface area contributed by atoms with E-state index in [4.69, 9.17) is 39.4 Å². The number of hydrogen-bond acceptors (Lipinski definition) is 16. The number of aromatic nitrogens is 8. The minimum atomic E-state index is -4.33. The van der Waals surface area contributed by atoms with Crippen LogP contribution in [0.3, 0.4) is 0 Å². The first kappa shape index (κ1) is 40.6. The third kappa shape index (κ3) is 7.92. The monoisotopic (exact) mass is 884 g/mol. The number of fused-ring (bicyclic) bond motifs is 4. The third-order valence-electron chi connectivity index (χ3n) is 9.55. The normalized spacial score (nSPS) is 30.9. The second kappa shape index (κ2) is 16.2. The van der Waals surface area contributed by atoms with Crippen LogP contribution in [0.2, 0.25) is 0 Å². The predicted octanol–water partition coefficient (Wildman–Crippen LogP) is 2.71. The Balaban J connectivity index is 0.936. The Bertz CT molecular complexity index is 2620. The first-order chi connectivity index (χ1) is 28.9. The van der Waals surface area contributed by atoms with Crippen molar-refractivity contribution in [1.82, 2.24) is 39.0 Å². The zero-order valence-corrected chi connectivity index (χ0v) is 32.5. The van der Waals surface area contributed by atoms with Crippen molar-refractivity contribution in [3.8, 4) is 0 Å². The summed E-state index contributed by atoms with van der Waals surface area (Å²) in [6.45, 7) is -5.44. The van der Waals surface area contributed by atoms with Gasteiger partial charge in [0.2, 0.25) is 15.4 Å². The quantitative estimate of drug-likeness (QED) is 0.139. The Hall–Kier alpha value is -4.84. The van der Waals surface area contributed by atoms with Crippen molar-refractivity contribution in [2.24, 2.45) is 0 Å². The SMILES string of the molecule is [BH3-][P+]1(O)OC[C@H]2O[C@@H](n3cnc4c(NC(=O)c5ccccc5)ncnc43)C(F)[C@H]2OP(O)(=S)OC[C@H]2O[C@@H](n3cnc4c(NC(=O)c5ccccc5)ncnc43)[C@@H](F)C2O1. The summed E-state index contributed by atoms with van der Waals surface area (Å²) in [7, 11) is -4.94. The summed E-state index contributed by atoms with van der Waals surface area (Å²) in [5.41, 5.74) is 1.21. The molecule has 26 heteroatoms. The van der Waals surface area contributed by atoms with Gasteiger partial charge in [-0.15, -0.1) is 0 Å². The lowest BCUT2D eigenvalue weighted by Gasteiger charge is -2.30. The second-order valence-corrected chi connectivity index (χ2v) is 16.9. The van der Waals surface area contributed by atoms with Gasteiger partial charge < -0.3 is 29.5 Å². The molecule has 0 spiro atoms. The highest BCUT2D eigenvalue weighted by Gasteiger charge is 2.55. The molecule has 9 rings (SSSR count). The predicted molar refractivity (Wildman–Crippen MR) is 214 cm³/mol. The van der Waals surface area contributed by atoms with E-state index in [-0.39, 0.29) is 34.0 Å². The summed E-state index contributed by atoms with van der Waals surface area (Å²) < 4.78 is 71.0. The molecule has 4 unspecified atom stereocenters. The summed E-state index contributed by atoms with van der Waals surface area (Å²) >= 11 is 5.30. The molecule has 312 valence electrons. The van der Waals surface area contributed by atoms with E-state index in [9.17, 15) is 19.4 Å². The Morgan fingerprint density at radius 2 is 1.25 bits per heavy atom. The van der Waals surface area contributed by atoms with Crippen LogP contribution in [0.15, 0.2) is 86.0 Å². The van der Waals surface area contributed by atoms with Gasteiger partial charge in [-0.2, -0.15) is 0 Å². The molecule has 60 heavy (non-hydrogen) atoms.